The average Bonchev–Trinajstić information content (AvgIpc) is 2.73. The lowest BCUT2D eigenvalue weighted by Gasteiger charge is -2.23. The van der Waals surface area contributed by atoms with Crippen LogP contribution in [0.3, 0.4) is 0 Å². The molecule has 0 radical (unpaired) electrons. The van der Waals surface area contributed by atoms with Crippen LogP contribution in [0.4, 0.5) is 0 Å². The van der Waals surface area contributed by atoms with E-state index in [-0.39, 0.29) is 6.29 Å². The number of allylic oxidation sites excluding steroid dienone is 2. The van der Waals surface area contributed by atoms with Gasteiger partial charge in [-0.2, -0.15) is 10.5 Å². The predicted molar refractivity (Wildman–Crippen MR) is 102 cm³/mol. The Labute approximate surface area is 159 Å². The first kappa shape index (κ1) is 18.5. The van der Waals surface area contributed by atoms with Gasteiger partial charge in [0, 0.05) is 6.42 Å². The number of rotatable bonds is 5. The van der Waals surface area contributed by atoms with Crippen LogP contribution in [-0.2, 0) is 4.74 Å². The van der Waals surface area contributed by atoms with Crippen molar-refractivity contribution in [3.63, 3.8) is 0 Å². The number of ether oxygens (including phenoxy) is 3. The molecule has 3 rings (SSSR count). The van der Waals surface area contributed by atoms with E-state index < -0.39 is 0 Å². The molecule has 0 N–H and O–H groups in total. The molecule has 1 atom stereocenters. The normalized spacial score (nSPS) is 17.2. The standard InChI is InChI=1S/C22H20N2O3/c1-25-18-9-5-16(6-10-18)20(14-23)21(15-24)17-7-11-19(12-8-17)27-22-4-2-3-13-26-22/h5-12,22H,2-4,13H2,1H3. The fraction of sp³-hybridized carbons (Fsp3) is 0.273. The van der Waals surface area contributed by atoms with E-state index in [1.807, 2.05) is 0 Å². The van der Waals surface area contributed by atoms with Crippen LogP contribution in [0, 0.1) is 22.7 Å². The van der Waals surface area contributed by atoms with Crippen molar-refractivity contribution in [2.75, 3.05) is 13.7 Å². The van der Waals surface area contributed by atoms with Crippen molar-refractivity contribution in [3.05, 3.63) is 59.7 Å². The molecule has 0 aliphatic carbocycles. The van der Waals surface area contributed by atoms with E-state index in [9.17, 15) is 10.5 Å². The Kier molecular flexibility index (Phi) is 6.10. The SMILES string of the molecule is COc1ccc(C(C#N)=C(C#N)c2ccc(OC3CCCCO3)cc2)cc1. The summed E-state index contributed by atoms with van der Waals surface area (Å²) >= 11 is 0. The van der Waals surface area contributed by atoms with Crippen LogP contribution in [0.15, 0.2) is 48.5 Å². The Morgan fingerprint density at radius 1 is 0.889 bits per heavy atom. The zero-order valence-corrected chi connectivity index (χ0v) is 15.1. The summed E-state index contributed by atoms with van der Waals surface area (Å²) < 4.78 is 16.5. The molecule has 0 bridgehead atoms. The third-order valence-corrected chi connectivity index (χ3v) is 4.40. The monoisotopic (exact) mass is 360 g/mol. The lowest BCUT2D eigenvalue weighted by atomic mass is 9.96. The van der Waals surface area contributed by atoms with Gasteiger partial charge in [0.1, 0.15) is 23.6 Å². The molecule has 1 aliphatic rings. The molecule has 2 aromatic rings. The van der Waals surface area contributed by atoms with Crippen LogP contribution < -0.4 is 9.47 Å². The van der Waals surface area contributed by atoms with Crippen molar-refractivity contribution in [2.45, 2.75) is 25.6 Å². The van der Waals surface area contributed by atoms with Crippen molar-refractivity contribution < 1.29 is 14.2 Å². The topological polar surface area (TPSA) is 75.3 Å². The van der Waals surface area contributed by atoms with Gasteiger partial charge in [-0.1, -0.05) is 0 Å². The Morgan fingerprint density at radius 2 is 1.44 bits per heavy atom. The lowest BCUT2D eigenvalue weighted by molar-refractivity contribution is -0.105. The number of nitrogens with zero attached hydrogens (tertiary/aromatic N) is 2. The van der Waals surface area contributed by atoms with Gasteiger partial charge in [0.15, 0.2) is 6.29 Å². The minimum atomic E-state index is -0.218. The van der Waals surface area contributed by atoms with Crippen LogP contribution >= 0.6 is 0 Å². The predicted octanol–water partition coefficient (Wildman–Crippen LogP) is 4.56. The van der Waals surface area contributed by atoms with Crippen molar-refractivity contribution >= 4 is 11.1 Å². The van der Waals surface area contributed by atoms with E-state index in [4.69, 9.17) is 14.2 Å². The molecule has 1 saturated heterocycles. The zero-order valence-electron chi connectivity index (χ0n) is 15.1. The number of hydrogen-bond acceptors (Lipinski definition) is 5. The first-order valence-corrected chi connectivity index (χ1v) is 8.82. The van der Waals surface area contributed by atoms with Crippen LogP contribution in [0.25, 0.3) is 11.1 Å². The fourth-order valence-electron chi connectivity index (χ4n) is 2.94. The van der Waals surface area contributed by atoms with Gasteiger partial charge in [0.25, 0.3) is 0 Å². The average molecular weight is 360 g/mol. The molecule has 27 heavy (non-hydrogen) atoms. The lowest BCUT2D eigenvalue weighted by Crippen LogP contribution is -2.24. The van der Waals surface area contributed by atoms with Crippen LogP contribution in [0.2, 0.25) is 0 Å². The van der Waals surface area contributed by atoms with E-state index in [2.05, 4.69) is 12.1 Å². The molecule has 5 heteroatoms. The minimum Gasteiger partial charge on any atom is -0.497 e. The van der Waals surface area contributed by atoms with Crippen LogP contribution in [0.1, 0.15) is 30.4 Å². The van der Waals surface area contributed by atoms with E-state index >= 15 is 0 Å². The highest BCUT2D eigenvalue weighted by atomic mass is 16.7. The maximum absolute atomic E-state index is 9.64. The molecule has 0 saturated carbocycles. The molecular formula is C22H20N2O3. The van der Waals surface area contributed by atoms with Gasteiger partial charge < -0.3 is 14.2 Å². The first-order chi connectivity index (χ1) is 13.2. The first-order valence-electron chi connectivity index (χ1n) is 8.82. The minimum absolute atomic E-state index is 0.218. The van der Waals surface area contributed by atoms with Crippen molar-refractivity contribution in [1.82, 2.24) is 0 Å². The third kappa shape index (κ3) is 4.47. The molecule has 1 heterocycles. The summed E-state index contributed by atoms with van der Waals surface area (Å²) in [5.41, 5.74) is 1.99. The molecule has 0 spiro atoms. The second-order valence-corrected chi connectivity index (χ2v) is 6.14. The van der Waals surface area contributed by atoms with Gasteiger partial charge >= 0.3 is 0 Å². The van der Waals surface area contributed by atoms with E-state index in [1.54, 1.807) is 55.6 Å². The Bertz CT molecular complexity index is 881. The summed E-state index contributed by atoms with van der Waals surface area (Å²) in [5.74, 6) is 1.38. The number of benzene rings is 2. The van der Waals surface area contributed by atoms with Crippen molar-refractivity contribution in [1.29, 1.82) is 10.5 Å². The number of hydrogen-bond donors (Lipinski definition) is 0. The summed E-state index contributed by atoms with van der Waals surface area (Å²) in [4.78, 5) is 0. The van der Waals surface area contributed by atoms with Crippen molar-refractivity contribution in [3.8, 4) is 23.6 Å². The molecule has 136 valence electrons. The largest absolute Gasteiger partial charge is 0.497 e. The second-order valence-electron chi connectivity index (χ2n) is 6.14. The van der Waals surface area contributed by atoms with Crippen molar-refractivity contribution in [2.24, 2.45) is 0 Å². The number of nitriles is 2. The zero-order chi connectivity index (χ0) is 19.1. The maximum Gasteiger partial charge on any atom is 0.199 e. The molecule has 0 amide bonds. The van der Waals surface area contributed by atoms with Gasteiger partial charge in [0.2, 0.25) is 0 Å². The third-order valence-electron chi connectivity index (χ3n) is 4.40. The van der Waals surface area contributed by atoms with Gasteiger partial charge in [-0.3, -0.25) is 0 Å². The van der Waals surface area contributed by atoms with E-state index in [1.165, 1.54) is 0 Å². The van der Waals surface area contributed by atoms with Gasteiger partial charge in [-0.25, -0.2) is 0 Å². The Balaban J connectivity index is 1.85. The van der Waals surface area contributed by atoms with Crippen LogP contribution in [0.5, 0.6) is 11.5 Å². The quantitative estimate of drug-likeness (QED) is 0.577. The second kappa shape index (κ2) is 8.89. The maximum atomic E-state index is 9.64. The summed E-state index contributed by atoms with van der Waals surface area (Å²) in [6.07, 6.45) is 2.82. The number of methoxy groups -OCH3 is 1. The smallest absolute Gasteiger partial charge is 0.199 e. The van der Waals surface area contributed by atoms with E-state index in [0.717, 1.165) is 25.9 Å². The Morgan fingerprint density at radius 3 is 1.89 bits per heavy atom. The summed E-state index contributed by atoms with van der Waals surface area (Å²) in [5, 5.41) is 19.2. The van der Waals surface area contributed by atoms with Crippen LogP contribution in [-0.4, -0.2) is 20.0 Å². The van der Waals surface area contributed by atoms with E-state index in [0.29, 0.717) is 33.8 Å². The molecule has 1 aliphatic heterocycles. The summed E-state index contributed by atoms with van der Waals surface area (Å²) in [7, 11) is 1.58. The molecule has 0 aromatic heterocycles. The molecular weight excluding hydrogens is 340 g/mol. The highest BCUT2D eigenvalue weighted by molar-refractivity contribution is 6.02. The molecule has 5 nitrogen and oxygen atoms in total. The van der Waals surface area contributed by atoms with Gasteiger partial charge in [0.05, 0.1) is 24.9 Å². The molecule has 2 aromatic carbocycles. The summed E-state index contributed by atoms with van der Waals surface area (Å²) in [6.45, 7) is 0.720. The highest BCUT2D eigenvalue weighted by Gasteiger charge is 2.16. The van der Waals surface area contributed by atoms with Gasteiger partial charge in [-0.05, 0) is 72.5 Å². The summed E-state index contributed by atoms with van der Waals surface area (Å²) in [6, 6.07) is 18.6. The Hall–Kier alpha value is -3.28. The molecule has 1 unspecified atom stereocenters. The molecule has 1 fully saturated rings. The fourth-order valence-corrected chi connectivity index (χ4v) is 2.94. The van der Waals surface area contributed by atoms with Gasteiger partial charge in [-0.15, -0.1) is 0 Å². The highest BCUT2D eigenvalue weighted by Crippen LogP contribution is 2.28.